The lowest BCUT2D eigenvalue weighted by molar-refractivity contribution is 0.0707. The monoisotopic (exact) mass is 389 g/mol. The molecule has 0 atom stereocenters. The first-order chi connectivity index (χ1) is 12.9. The summed E-state index contributed by atoms with van der Waals surface area (Å²) in [6, 6.07) is 8.65. The van der Waals surface area contributed by atoms with Crippen molar-refractivity contribution in [3.63, 3.8) is 0 Å². The Labute approximate surface area is 161 Å². The Morgan fingerprint density at radius 1 is 1.15 bits per heavy atom. The average molecular weight is 390 g/mol. The van der Waals surface area contributed by atoms with Crippen molar-refractivity contribution in [1.29, 1.82) is 5.26 Å². The van der Waals surface area contributed by atoms with E-state index in [9.17, 15) is 13.2 Å². The fourth-order valence-corrected chi connectivity index (χ4v) is 5.45. The molecule has 0 spiro atoms. The van der Waals surface area contributed by atoms with Crippen LogP contribution in [0.25, 0.3) is 0 Å². The van der Waals surface area contributed by atoms with E-state index >= 15 is 0 Å². The molecule has 1 amide bonds. The summed E-state index contributed by atoms with van der Waals surface area (Å²) in [5.74, 6) is -0.159. The van der Waals surface area contributed by atoms with E-state index in [0.717, 1.165) is 32.1 Å². The second-order valence-corrected chi connectivity index (χ2v) is 9.53. The Morgan fingerprint density at radius 2 is 1.81 bits per heavy atom. The van der Waals surface area contributed by atoms with E-state index in [-0.39, 0.29) is 22.8 Å². The molecule has 1 aromatic rings. The van der Waals surface area contributed by atoms with Gasteiger partial charge in [0.15, 0.2) is 0 Å². The highest BCUT2D eigenvalue weighted by Gasteiger charge is 2.30. The standard InChI is InChI=1S/C20H27N3O3S/c1-22(18-7-3-2-4-8-18)27(25,26)19-9-5-6-17(14-19)20(24)23-12-10-16(15-21)11-13-23/h5-6,9,14,16,18H,2-4,7-8,10-13H2,1H3. The highest BCUT2D eigenvalue weighted by Crippen LogP contribution is 2.27. The van der Waals surface area contributed by atoms with E-state index in [1.54, 1.807) is 30.1 Å². The molecule has 1 saturated heterocycles. The van der Waals surface area contributed by atoms with Crippen molar-refractivity contribution in [1.82, 2.24) is 9.21 Å². The summed E-state index contributed by atoms with van der Waals surface area (Å²) in [7, 11) is -1.97. The van der Waals surface area contributed by atoms with Gasteiger partial charge < -0.3 is 4.90 Å². The minimum Gasteiger partial charge on any atom is -0.339 e. The lowest BCUT2D eigenvalue weighted by Gasteiger charge is -2.31. The molecule has 3 rings (SSSR count). The number of carbonyl (C=O) groups is 1. The van der Waals surface area contributed by atoms with Crippen LogP contribution in [0.2, 0.25) is 0 Å². The lowest BCUT2D eigenvalue weighted by Crippen LogP contribution is -2.39. The molecule has 7 heteroatoms. The number of benzene rings is 1. The normalized spacial score (nSPS) is 19.8. The fraction of sp³-hybridized carbons (Fsp3) is 0.600. The average Bonchev–Trinajstić information content (AvgIpc) is 2.73. The van der Waals surface area contributed by atoms with Crippen molar-refractivity contribution in [2.24, 2.45) is 5.92 Å². The number of amides is 1. The van der Waals surface area contributed by atoms with Gasteiger partial charge in [-0.25, -0.2) is 8.42 Å². The first-order valence-corrected chi connectivity index (χ1v) is 11.1. The van der Waals surface area contributed by atoms with Crippen LogP contribution in [0.4, 0.5) is 0 Å². The molecule has 27 heavy (non-hydrogen) atoms. The SMILES string of the molecule is CN(C1CCCCC1)S(=O)(=O)c1cccc(C(=O)N2CCC(C#N)CC2)c1. The van der Waals surface area contributed by atoms with Crippen molar-refractivity contribution < 1.29 is 13.2 Å². The maximum Gasteiger partial charge on any atom is 0.253 e. The van der Waals surface area contributed by atoms with Crippen molar-refractivity contribution in [2.75, 3.05) is 20.1 Å². The Bertz CT molecular complexity index is 817. The van der Waals surface area contributed by atoms with Gasteiger partial charge in [-0.2, -0.15) is 9.57 Å². The summed E-state index contributed by atoms with van der Waals surface area (Å²) in [4.78, 5) is 14.7. The number of nitrogens with zero attached hydrogens (tertiary/aromatic N) is 3. The molecule has 2 fully saturated rings. The third-order valence-electron chi connectivity index (χ3n) is 5.81. The number of carbonyl (C=O) groups excluding carboxylic acids is 1. The first kappa shape index (κ1) is 19.8. The van der Waals surface area contributed by atoms with E-state index in [4.69, 9.17) is 5.26 Å². The summed E-state index contributed by atoms with van der Waals surface area (Å²) in [5.41, 5.74) is 0.392. The van der Waals surface area contributed by atoms with Crippen LogP contribution in [0.1, 0.15) is 55.3 Å². The van der Waals surface area contributed by atoms with Gasteiger partial charge in [-0.1, -0.05) is 25.3 Å². The van der Waals surface area contributed by atoms with Gasteiger partial charge in [0.1, 0.15) is 0 Å². The van der Waals surface area contributed by atoms with Crippen molar-refractivity contribution in [3.8, 4) is 6.07 Å². The van der Waals surface area contributed by atoms with Crippen LogP contribution in [-0.4, -0.2) is 49.7 Å². The van der Waals surface area contributed by atoms with Gasteiger partial charge in [0, 0.05) is 37.7 Å². The predicted octanol–water partition coefficient (Wildman–Crippen LogP) is 3.02. The zero-order valence-corrected chi connectivity index (χ0v) is 16.6. The molecule has 1 saturated carbocycles. The second kappa shape index (κ2) is 8.41. The Balaban J connectivity index is 1.76. The summed E-state index contributed by atoms with van der Waals surface area (Å²) in [6.45, 7) is 1.08. The quantitative estimate of drug-likeness (QED) is 0.793. The highest BCUT2D eigenvalue weighted by molar-refractivity contribution is 7.89. The summed E-state index contributed by atoms with van der Waals surface area (Å²) < 4.78 is 27.5. The van der Waals surface area contributed by atoms with Gasteiger partial charge >= 0.3 is 0 Å². The van der Waals surface area contributed by atoms with E-state index in [1.165, 1.54) is 10.4 Å². The number of hydrogen-bond donors (Lipinski definition) is 0. The molecule has 1 aliphatic carbocycles. The summed E-state index contributed by atoms with van der Waals surface area (Å²) in [6.07, 6.45) is 6.40. The maximum absolute atomic E-state index is 13.0. The molecule has 0 bridgehead atoms. The molecule has 146 valence electrons. The van der Waals surface area contributed by atoms with Gasteiger partial charge in [-0.3, -0.25) is 4.79 Å². The van der Waals surface area contributed by atoms with Crippen LogP contribution in [0.5, 0.6) is 0 Å². The Hall–Kier alpha value is -1.91. The molecule has 1 heterocycles. The van der Waals surface area contributed by atoms with Crippen LogP contribution in [0, 0.1) is 17.2 Å². The van der Waals surface area contributed by atoms with Crippen molar-refractivity contribution in [3.05, 3.63) is 29.8 Å². The summed E-state index contributed by atoms with van der Waals surface area (Å²) in [5, 5.41) is 8.99. The van der Waals surface area contributed by atoms with Gasteiger partial charge in [0.25, 0.3) is 5.91 Å². The number of hydrogen-bond acceptors (Lipinski definition) is 4. The third kappa shape index (κ3) is 4.33. The van der Waals surface area contributed by atoms with E-state index in [1.807, 2.05) is 0 Å². The lowest BCUT2D eigenvalue weighted by atomic mass is 9.96. The Kier molecular flexibility index (Phi) is 6.18. The molecule has 2 aliphatic rings. The molecule has 1 aliphatic heterocycles. The molecule has 0 aromatic heterocycles. The number of nitriles is 1. The maximum atomic E-state index is 13.0. The number of sulfonamides is 1. The van der Waals surface area contributed by atoms with Gasteiger partial charge in [0.2, 0.25) is 10.0 Å². The summed E-state index contributed by atoms with van der Waals surface area (Å²) >= 11 is 0. The van der Waals surface area contributed by atoms with Crippen molar-refractivity contribution in [2.45, 2.75) is 55.9 Å². The van der Waals surface area contributed by atoms with Gasteiger partial charge in [-0.05, 0) is 43.9 Å². The van der Waals surface area contributed by atoms with Crippen molar-refractivity contribution >= 4 is 15.9 Å². The molecule has 0 unspecified atom stereocenters. The molecule has 0 radical (unpaired) electrons. The van der Waals surface area contributed by atoms with Gasteiger partial charge in [-0.15, -0.1) is 0 Å². The van der Waals surface area contributed by atoms with Crippen LogP contribution < -0.4 is 0 Å². The molecule has 0 N–H and O–H groups in total. The van der Waals surface area contributed by atoms with Crippen LogP contribution in [-0.2, 0) is 10.0 Å². The van der Waals surface area contributed by atoms with Crippen LogP contribution in [0.15, 0.2) is 29.2 Å². The third-order valence-corrected chi connectivity index (χ3v) is 7.72. The Morgan fingerprint density at radius 3 is 2.44 bits per heavy atom. The molecular formula is C20H27N3O3S. The number of likely N-dealkylation sites (tertiary alicyclic amines) is 1. The van der Waals surface area contributed by atoms with E-state index < -0.39 is 10.0 Å². The number of piperidine rings is 1. The minimum atomic E-state index is -3.62. The smallest absolute Gasteiger partial charge is 0.253 e. The van der Waals surface area contributed by atoms with Crippen LogP contribution in [0.3, 0.4) is 0 Å². The largest absolute Gasteiger partial charge is 0.339 e. The van der Waals surface area contributed by atoms with E-state index in [0.29, 0.717) is 31.5 Å². The fourth-order valence-electron chi connectivity index (χ4n) is 3.99. The van der Waals surface area contributed by atoms with Gasteiger partial charge in [0.05, 0.1) is 11.0 Å². The molecule has 6 nitrogen and oxygen atoms in total. The zero-order valence-electron chi connectivity index (χ0n) is 15.8. The second-order valence-electron chi connectivity index (χ2n) is 7.54. The topological polar surface area (TPSA) is 81.5 Å². The van der Waals surface area contributed by atoms with Crippen LogP contribution >= 0.6 is 0 Å². The zero-order chi connectivity index (χ0) is 19.4. The van der Waals surface area contributed by atoms with E-state index in [2.05, 4.69) is 6.07 Å². The first-order valence-electron chi connectivity index (χ1n) is 9.70. The molecule has 1 aromatic carbocycles. The minimum absolute atomic E-state index is 0.00454. The predicted molar refractivity (Wildman–Crippen MR) is 103 cm³/mol. The molecular weight excluding hydrogens is 362 g/mol. The highest BCUT2D eigenvalue weighted by atomic mass is 32.2. The number of rotatable bonds is 4.